The lowest BCUT2D eigenvalue weighted by Crippen LogP contribution is -2.43. The van der Waals surface area contributed by atoms with E-state index >= 15 is 0 Å². The van der Waals surface area contributed by atoms with Crippen molar-refractivity contribution < 1.29 is 23.1 Å². The third-order valence-corrected chi connectivity index (χ3v) is 4.22. The van der Waals surface area contributed by atoms with E-state index in [1.54, 1.807) is 6.07 Å². The summed E-state index contributed by atoms with van der Waals surface area (Å²) in [6, 6.07) is 4.11. The maximum absolute atomic E-state index is 12.2. The van der Waals surface area contributed by atoms with Gasteiger partial charge in [-0.1, -0.05) is 6.07 Å². The van der Waals surface area contributed by atoms with Gasteiger partial charge in [0.15, 0.2) is 0 Å². The van der Waals surface area contributed by atoms with Crippen LogP contribution in [0.2, 0.25) is 0 Å². The van der Waals surface area contributed by atoms with Crippen LogP contribution in [0.25, 0.3) is 0 Å². The van der Waals surface area contributed by atoms with Crippen LogP contribution in [0.1, 0.15) is 17.5 Å². The Balaban J connectivity index is 3.19. The number of nitriles is 1. The molecule has 112 valence electrons. The molecule has 1 aromatic carbocycles. The van der Waals surface area contributed by atoms with E-state index in [4.69, 9.17) is 16.1 Å². The fraction of sp³-hybridized carbons (Fsp3) is 0.250. The van der Waals surface area contributed by atoms with Gasteiger partial charge in [-0.3, -0.25) is 9.59 Å². The van der Waals surface area contributed by atoms with Crippen LogP contribution in [0.4, 0.5) is 0 Å². The Labute approximate surface area is 121 Å². The zero-order valence-electron chi connectivity index (χ0n) is 11.0. The predicted octanol–water partition coefficient (Wildman–Crippen LogP) is -0.526. The van der Waals surface area contributed by atoms with Gasteiger partial charge in [0.2, 0.25) is 15.9 Å². The number of hydrogen-bond acceptors (Lipinski definition) is 5. The molecule has 0 aliphatic rings. The Kier molecular flexibility index (Phi) is 5.02. The lowest BCUT2D eigenvalue weighted by molar-refractivity contribution is -0.140. The van der Waals surface area contributed by atoms with Crippen LogP contribution in [-0.4, -0.2) is 31.4 Å². The zero-order valence-corrected chi connectivity index (χ0v) is 11.8. The van der Waals surface area contributed by atoms with E-state index in [0.717, 1.165) is 6.07 Å². The van der Waals surface area contributed by atoms with E-state index < -0.39 is 34.4 Å². The molecule has 0 aliphatic heterocycles. The Morgan fingerprint density at radius 1 is 1.48 bits per heavy atom. The summed E-state index contributed by atoms with van der Waals surface area (Å²) >= 11 is 0. The molecular formula is C12H13N3O5S. The van der Waals surface area contributed by atoms with Crippen LogP contribution >= 0.6 is 0 Å². The summed E-state index contributed by atoms with van der Waals surface area (Å²) in [5, 5.41) is 17.7. The van der Waals surface area contributed by atoms with E-state index in [1.807, 2.05) is 4.72 Å². The second-order valence-electron chi connectivity index (χ2n) is 4.27. The van der Waals surface area contributed by atoms with Gasteiger partial charge in [-0.25, -0.2) is 8.42 Å². The molecule has 0 saturated carbocycles. The number of carbonyl (C=O) groups is 2. The summed E-state index contributed by atoms with van der Waals surface area (Å²) < 4.78 is 26.3. The molecule has 0 saturated heterocycles. The van der Waals surface area contributed by atoms with Crippen molar-refractivity contribution in [2.24, 2.45) is 5.73 Å². The number of carboxylic acids is 1. The molecule has 0 aliphatic carbocycles. The second kappa shape index (κ2) is 6.34. The highest BCUT2D eigenvalue weighted by Crippen LogP contribution is 2.17. The molecule has 0 aromatic heterocycles. The van der Waals surface area contributed by atoms with E-state index in [0.29, 0.717) is 5.56 Å². The third-order valence-electron chi connectivity index (χ3n) is 2.61. The molecule has 0 bridgehead atoms. The monoisotopic (exact) mass is 311 g/mol. The van der Waals surface area contributed by atoms with Gasteiger partial charge in [0.25, 0.3) is 0 Å². The van der Waals surface area contributed by atoms with Gasteiger partial charge >= 0.3 is 5.97 Å². The number of nitrogens with two attached hydrogens (primary N) is 1. The number of sulfonamides is 1. The smallest absolute Gasteiger partial charge is 0.322 e. The standard InChI is InChI=1S/C12H13N3O5S/c1-7-2-3-8(6-13)4-10(7)21(19,20)15-9(12(17)18)5-11(14)16/h2-4,9,15H,5H2,1H3,(H2,14,16)(H,17,18)/t9-/m0/s1. The number of primary amides is 1. The lowest BCUT2D eigenvalue weighted by atomic mass is 10.2. The summed E-state index contributed by atoms with van der Waals surface area (Å²) in [5.74, 6) is -2.47. The number of carbonyl (C=O) groups excluding carboxylic acids is 1. The first-order valence-corrected chi connectivity index (χ1v) is 7.20. The number of nitrogens with zero attached hydrogens (tertiary/aromatic N) is 1. The lowest BCUT2D eigenvalue weighted by Gasteiger charge is -2.14. The van der Waals surface area contributed by atoms with Crippen LogP contribution in [-0.2, 0) is 19.6 Å². The first kappa shape index (κ1) is 16.6. The Morgan fingerprint density at radius 2 is 2.10 bits per heavy atom. The van der Waals surface area contributed by atoms with Crippen molar-refractivity contribution in [3.05, 3.63) is 29.3 Å². The molecule has 1 aromatic rings. The number of aliphatic carboxylic acids is 1. The number of carboxylic acid groups (broad SMARTS) is 1. The van der Waals surface area contributed by atoms with Crippen molar-refractivity contribution in [3.8, 4) is 6.07 Å². The summed E-state index contributed by atoms with van der Waals surface area (Å²) in [7, 11) is -4.20. The van der Waals surface area contributed by atoms with E-state index in [2.05, 4.69) is 0 Å². The van der Waals surface area contributed by atoms with Crippen molar-refractivity contribution in [3.63, 3.8) is 0 Å². The number of nitrogens with one attached hydrogen (secondary N) is 1. The summed E-state index contributed by atoms with van der Waals surface area (Å²) in [5.41, 5.74) is 5.34. The molecule has 0 radical (unpaired) electrons. The number of rotatable bonds is 6. The van der Waals surface area contributed by atoms with Gasteiger partial charge in [0, 0.05) is 0 Å². The summed E-state index contributed by atoms with van der Waals surface area (Å²) in [4.78, 5) is 21.5. The topological polar surface area (TPSA) is 150 Å². The number of hydrogen-bond donors (Lipinski definition) is 3. The normalized spacial score (nSPS) is 12.4. The minimum Gasteiger partial charge on any atom is -0.480 e. The van der Waals surface area contributed by atoms with Crippen LogP contribution < -0.4 is 10.5 Å². The maximum atomic E-state index is 12.2. The van der Waals surface area contributed by atoms with Gasteiger partial charge in [-0.2, -0.15) is 9.98 Å². The minimum absolute atomic E-state index is 0.114. The maximum Gasteiger partial charge on any atom is 0.322 e. The molecule has 1 atom stereocenters. The van der Waals surface area contributed by atoms with Crippen molar-refractivity contribution in [1.29, 1.82) is 5.26 Å². The molecule has 4 N–H and O–H groups in total. The number of amides is 1. The van der Waals surface area contributed by atoms with Crippen LogP contribution in [0, 0.1) is 18.3 Å². The second-order valence-corrected chi connectivity index (χ2v) is 5.96. The highest BCUT2D eigenvalue weighted by molar-refractivity contribution is 7.89. The molecule has 8 nitrogen and oxygen atoms in total. The van der Waals surface area contributed by atoms with Gasteiger partial charge in [-0.05, 0) is 24.6 Å². The minimum atomic E-state index is -4.20. The largest absolute Gasteiger partial charge is 0.480 e. The Morgan fingerprint density at radius 3 is 2.57 bits per heavy atom. The average Bonchev–Trinajstić information content (AvgIpc) is 2.37. The number of aryl methyl sites for hydroxylation is 1. The quantitative estimate of drug-likeness (QED) is 0.642. The highest BCUT2D eigenvalue weighted by Gasteiger charge is 2.28. The SMILES string of the molecule is Cc1ccc(C#N)cc1S(=O)(=O)N[C@@H](CC(N)=O)C(=O)O. The molecule has 1 amide bonds. The van der Waals surface area contributed by atoms with Crippen molar-refractivity contribution in [2.45, 2.75) is 24.3 Å². The van der Waals surface area contributed by atoms with Gasteiger partial charge in [0.05, 0.1) is 22.9 Å². The summed E-state index contributed by atoms with van der Waals surface area (Å²) in [6.45, 7) is 1.50. The number of benzene rings is 1. The fourth-order valence-electron chi connectivity index (χ4n) is 1.59. The first-order valence-electron chi connectivity index (χ1n) is 5.71. The summed E-state index contributed by atoms with van der Waals surface area (Å²) in [6.07, 6.45) is -0.675. The van der Waals surface area contributed by atoms with E-state index in [1.165, 1.54) is 19.1 Å². The van der Waals surface area contributed by atoms with E-state index in [9.17, 15) is 18.0 Å². The van der Waals surface area contributed by atoms with Crippen molar-refractivity contribution in [2.75, 3.05) is 0 Å². The van der Waals surface area contributed by atoms with Gasteiger partial charge in [-0.15, -0.1) is 0 Å². The zero-order chi connectivity index (χ0) is 16.2. The molecular weight excluding hydrogens is 298 g/mol. The average molecular weight is 311 g/mol. The molecule has 9 heteroatoms. The van der Waals surface area contributed by atoms with Crippen LogP contribution in [0.5, 0.6) is 0 Å². The van der Waals surface area contributed by atoms with Crippen molar-refractivity contribution in [1.82, 2.24) is 4.72 Å². The highest BCUT2D eigenvalue weighted by atomic mass is 32.2. The first-order chi connectivity index (χ1) is 9.67. The Bertz CT molecular complexity index is 721. The van der Waals surface area contributed by atoms with Crippen molar-refractivity contribution >= 4 is 21.9 Å². The predicted molar refractivity (Wildman–Crippen MR) is 71.5 cm³/mol. The van der Waals surface area contributed by atoms with Gasteiger partial charge in [0.1, 0.15) is 6.04 Å². The molecule has 0 heterocycles. The van der Waals surface area contributed by atoms with Crippen LogP contribution in [0.3, 0.4) is 0 Å². The Hall–Kier alpha value is -2.44. The van der Waals surface area contributed by atoms with Gasteiger partial charge < -0.3 is 10.8 Å². The third kappa shape index (κ3) is 4.27. The molecule has 0 spiro atoms. The fourth-order valence-corrected chi connectivity index (χ4v) is 3.05. The molecule has 1 rings (SSSR count). The van der Waals surface area contributed by atoms with Crippen LogP contribution in [0.15, 0.2) is 23.1 Å². The molecule has 0 fully saturated rings. The molecule has 21 heavy (non-hydrogen) atoms. The van der Waals surface area contributed by atoms with E-state index in [-0.39, 0.29) is 10.5 Å². The molecule has 0 unspecified atom stereocenters.